The summed E-state index contributed by atoms with van der Waals surface area (Å²) in [7, 11) is 1.46. The van der Waals surface area contributed by atoms with Gasteiger partial charge in [0, 0.05) is 0 Å². The quantitative estimate of drug-likeness (QED) is 0.841. The Labute approximate surface area is 149 Å². The van der Waals surface area contributed by atoms with Crippen molar-refractivity contribution >= 4 is 29.0 Å². The smallest absolute Gasteiger partial charge is 0.293 e. The molecule has 0 saturated carbocycles. The predicted molar refractivity (Wildman–Crippen MR) is 97.4 cm³/mol. The van der Waals surface area contributed by atoms with E-state index in [1.165, 1.54) is 18.1 Å². The van der Waals surface area contributed by atoms with Crippen molar-refractivity contribution in [2.24, 2.45) is 0 Å². The largest absolute Gasteiger partial charge is 0.504 e. The Kier molecular flexibility index (Phi) is 4.81. The number of benzene rings is 2. The maximum absolute atomic E-state index is 12.5. The fourth-order valence-electron chi connectivity index (χ4n) is 2.46. The molecule has 2 aromatic carbocycles. The third-order valence-electron chi connectivity index (χ3n) is 3.84. The van der Waals surface area contributed by atoms with Crippen LogP contribution in [0.3, 0.4) is 0 Å². The van der Waals surface area contributed by atoms with Gasteiger partial charge in [-0.25, -0.2) is 0 Å². The van der Waals surface area contributed by atoms with Crippen LogP contribution in [0, 0.1) is 6.92 Å². The highest BCUT2D eigenvalue weighted by Crippen LogP contribution is 2.34. The molecule has 0 atom stereocenters. The summed E-state index contributed by atoms with van der Waals surface area (Å²) in [5.41, 5.74) is 2.65. The normalized spacial score (nSPS) is 15.9. The van der Waals surface area contributed by atoms with Gasteiger partial charge in [0.2, 0.25) is 0 Å². The molecule has 0 radical (unpaired) electrons. The molecule has 0 unspecified atom stereocenters. The molecule has 2 amide bonds. The molecule has 0 spiro atoms. The van der Waals surface area contributed by atoms with E-state index < -0.39 is 0 Å². The lowest BCUT2D eigenvalue weighted by molar-refractivity contribution is -0.123. The van der Waals surface area contributed by atoms with Gasteiger partial charge in [0.15, 0.2) is 11.5 Å². The number of hydrogen-bond acceptors (Lipinski definition) is 5. The molecule has 6 heteroatoms. The van der Waals surface area contributed by atoms with Crippen LogP contribution in [0.5, 0.6) is 11.5 Å². The third-order valence-corrected chi connectivity index (χ3v) is 4.74. The minimum Gasteiger partial charge on any atom is -0.504 e. The maximum atomic E-state index is 12.5. The van der Waals surface area contributed by atoms with E-state index in [2.05, 4.69) is 0 Å². The number of aryl methyl sites for hydroxylation is 1. The summed E-state index contributed by atoms with van der Waals surface area (Å²) in [6.07, 6.45) is 1.60. The minimum atomic E-state index is -0.328. The lowest BCUT2D eigenvalue weighted by Gasteiger charge is -2.12. The van der Waals surface area contributed by atoms with E-state index in [4.69, 9.17) is 4.74 Å². The highest BCUT2D eigenvalue weighted by molar-refractivity contribution is 8.18. The van der Waals surface area contributed by atoms with Crippen LogP contribution in [0.1, 0.15) is 16.7 Å². The fraction of sp³-hybridized carbons (Fsp3) is 0.158. The summed E-state index contributed by atoms with van der Waals surface area (Å²) in [6.45, 7) is 2.23. The molecule has 0 aromatic heterocycles. The van der Waals surface area contributed by atoms with Gasteiger partial charge in [-0.15, -0.1) is 0 Å². The second-order valence-corrected chi connectivity index (χ2v) is 6.68. The summed E-state index contributed by atoms with van der Waals surface area (Å²) in [5, 5.41) is 9.53. The van der Waals surface area contributed by atoms with Gasteiger partial charge in [0.25, 0.3) is 11.1 Å². The number of hydrogen-bond donors (Lipinski definition) is 1. The summed E-state index contributed by atoms with van der Waals surface area (Å²) >= 11 is 0.900. The number of nitrogens with zero attached hydrogens (tertiary/aromatic N) is 1. The zero-order chi connectivity index (χ0) is 18.0. The zero-order valence-electron chi connectivity index (χ0n) is 13.9. The van der Waals surface area contributed by atoms with E-state index >= 15 is 0 Å². The van der Waals surface area contributed by atoms with Crippen molar-refractivity contribution in [3.63, 3.8) is 0 Å². The predicted octanol–water partition coefficient (Wildman–Crippen LogP) is 3.95. The van der Waals surface area contributed by atoms with Crippen molar-refractivity contribution in [3.05, 3.63) is 64.1 Å². The van der Waals surface area contributed by atoms with Crippen LogP contribution in [-0.2, 0) is 11.3 Å². The fourth-order valence-corrected chi connectivity index (χ4v) is 3.30. The number of carbonyl (C=O) groups is 2. The van der Waals surface area contributed by atoms with Crippen molar-refractivity contribution in [2.45, 2.75) is 13.5 Å². The van der Waals surface area contributed by atoms with E-state index in [0.717, 1.165) is 22.9 Å². The molecule has 1 fully saturated rings. The Morgan fingerprint density at radius 3 is 2.52 bits per heavy atom. The summed E-state index contributed by atoms with van der Waals surface area (Å²) in [5.74, 6) is 0.00522. The number of amides is 2. The van der Waals surface area contributed by atoms with Gasteiger partial charge in [-0.3, -0.25) is 14.5 Å². The molecule has 1 N–H and O–H groups in total. The monoisotopic (exact) mass is 355 g/mol. The SMILES string of the molecule is COc1ccc(C=C2SC(=O)N(Cc3ccc(C)cc3)C2=O)cc1O. The van der Waals surface area contributed by atoms with Crippen molar-refractivity contribution in [1.82, 2.24) is 4.90 Å². The first-order chi connectivity index (χ1) is 12.0. The van der Waals surface area contributed by atoms with E-state index in [0.29, 0.717) is 16.2 Å². The van der Waals surface area contributed by atoms with Gasteiger partial charge in [0.1, 0.15) is 0 Å². The summed E-state index contributed by atoms with van der Waals surface area (Å²) in [6, 6.07) is 12.5. The number of thioether (sulfide) groups is 1. The molecule has 5 nitrogen and oxygen atoms in total. The van der Waals surface area contributed by atoms with Crippen LogP contribution in [0.25, 0.3) is 6.08 Å². The van der Waals surface area contributed by atoms with E-state index in [9.17, 15) is 14.7 Å². The summed E-state index contributed by atoms with van der Waals surface area (Å²) in [4.78, 5) is 26.3. The van der Waals surface area contributed by atoms with Gasteiger partial charge in [0.05, 0.1) is 18.6 Å². The average Bonchev–Trinajstić information content (AvgIpc) is 2.84. The topological polar surface area (TPSA) is 66.8 Å². The first kappa shape index (κ1) is 17.1. The van der Waals surface area contributed by atoms with E-state index in [1.54, 1.807) is 18.2 Å². The Bertz CT molecular complexity index is 858. The number of carbonyl (C=O) groups excluding carboxylic acids is 2. The average molecular weight is 355 g/mol. The van der Waals surface area contributed by atoms with Crippen molar-refractivity contribution in [2.75, 3.05) is 7.11 Å². The highest BCUT2D eigenvalue weighted by atomic mass is 32.2. The Hall–Kier alpha value is -2.73. The Balaban J connectivity index is 1.80. The third kappa shape index (κ3) is 3.69. The lowest BCUT2D eigenvalue weighted by Crippen LogP contribution is -2.27. The number of imide groups is 1. The number of aromatic hydroxyl groups is 1. The molecular weight excluding hydrogens is 338 g/mol. The number of methoxy groups -OCH3 is 1. The molecule has 128 valence electrons. The molecule has 1 heterocycles. The van der Waals surface area contributed by atoms with Crippen LogP contribution in [-0.4, -0.2) is 28.3 Å². The maximum Gasteiger partial charge on any atom is 0.293 e. The van der Waals surface area contributed by atoms with Gasteiger partial charge in [-0.2, -0.15) is 0 Å². The summed E-state index contributed by atoms with van der Waals surface area (Å²) < 4.78 is 4.99. The van der Waals surface area contributed by atoms with Crippen LogP contribution >= 0.6 is 11.8 Å². The Morgan fingerprint density at radius 1 is 1.16 bits per heavy atom. The molecule has 0 bridgehead atoms. The number of phenolic OH excluding ortho intramolecular Hbond substituents is 1. The molecule has 1 saturated heterocycles. The molecular formula is C19H17NO4S. The van der Waals surface area contributed by atoms with Crippen molar-refractivity contribution in [1.29, 1.82) is 0 Å². The molecule has 2 aromatic rings. The molecule has 3 rings (SSSR count). The van der Waals surface area contributed by atoms with Crippen LogP contribution in [0.4, 0.5) is 4.79 Å². The minimum absolute atomic E-state index is 0.0184. The molecule has 1 aliphatic heterocycles. The molecule has 1 aliphatic rings. The first-order valence-corrected chi connectivity index (χ1v) is 8.47. The Morgan fingerprint density at radius 2 is 1.88 bits per heavy atom. The van der Waals surface area contributed by atoms with Crippen molar-refractivity contribution in [3.8, 4) is 11.5 Å². The van der Waals surface area contributed by atoms with Crippen LogP contribution in [0.15, 0.2) is 47.4 Å². The van der Waals surface area contributed by atoms with Crippen molar-refractivity contribution < 1.29 is 19.4 Å². The number of ether oxygens (including phenoxy) is 1. The van der Waals surface area contributed by atoms with E-state index in [-0.39, 0.29) is 23.4 Å². The van der Waals surface area contributed by atoms with E-state index in [1.807, 2.05) is 31.2 Å². The second-order valence-electron chi connectivity index (χ2n) is 5.68. The first-order valence-electron chi connectivity index (χ1n) is 7.66. The van der Waals surface area contributed by atoms with Gasteiger partial charge in [-0.1, -0.05) is 35.9 Å². The van der Waals surface area contributed by atoms with Crippen LogP contribution in [0.2, 0.25) is 0 Å². The highest BCUT2D eigenvalue weighted by Gasteiger charge is 2.34. The standard InChI is InChI=1S/C19H17NO4S/c1-12-3-5-13(6-4-12)11-20-18(22)17(25-19(20)23)10-14-7-8-16(24-2)15(21)9-14/h3-10,21H,11H2,1-2H3. The zero-order valence-corrected chi connectivity index (χ0v) is 14.7. The molecule has 0 aliphatic carbocycles. The lowest BCUT2D eigenvalue weighted by atomic mass is 10.1. The van der Waals surface area contributed by atoms with Crippen LogP contribution < -0.4 is 4.74 Å². The van der Waals surface area contributed by atoms with Gasteiger partial charge < -0.3 is 9.84 Å². The number of phenols is 1. The molecule has 25 heavy (non-hydrogen) atoms. The van der Waals surface area contributed by atoms with Gasteiger partial charge >= 0.3 is 0 Å². The second kappa shape index (κ2) is 7.03. The number of rotatable bonds is 4. The van der Waals surface area contributed by atoms with Gasteiger partial charge in [-0.05, 0) is 48.0 Å².